The lowest BCUT2D eigenvalue weighted by molar-refractivity contribution is 0.286. The molecule has 0 aliphatic heterocycles. The van der Waals surface area contributed by atoms with Gasteiger partial charge in [0.2, 0.25) is 10.0 Å². The number of benzene rings is 1. The minimum absolute atomic E-state index is 0.117. The van der Waals surface area contributed by atoms with Gasteiger partial charge in [-0.25, -0.2) is 13.4 Å². The molecule has 0 unspecified atom stereocenters. The van der Waals surface area contributed by atoms with Gasteiger partial charge in [-0.1, -0.05) is 31.4 Å². The maximum absolute atomic E-state index is 12.8. The Hall–Kier alpha value is -1.66. The fourth-order valence-corrected chi connectivity index (χ4v) is 4.52. The molecule has 5 nitrogen and oxygen atoms in total. The summed E-state index contributed by atoms with van der Waals surface area (Å²) in [5, 5.41) is 0. The molecule has 1 heterocycles. The van der Waals surface area contributed by atoms with Gasteiger partial charge in [0.1, 0.15) is 12.0 Å². The van der Waals surface area contributed by atoms with Crippen molar-refractivity contribution in [2.24, 2.45) is 0 Å². The van der Waals surface area contributed by atoms with Gasteiger partial charge in [-0.15, -0.1) is 0 Å². The van der Waals surface area contributed by atoms with Crippen molar-refractivity contribution in [1.82, 2.24) is 9.29 Å². The molecule has 6 heteroatoms. The molecular formula is C17H22N2O3S. The maximum atomic E-state index is 12.8. The van der Waals surface area contributed by atoms with E-state index in [9.17, 15) is 8.42 Å². The number of sulfonamides is 1. The SMILES string of the molecule is Cc1nc(-c2ccc(S(=O)(=O)N(C)C3CCCCC3)cc2)co1. The number of rotatable bonds is 4. The summed E-state index contributed by atoms with van der Waals surface area (Å²) in [5.74, 6) is 0.591. The lowest BCUT2D eigenvalue weighted by atomic mass is 9.96. The lowest BCUT2D eigenvalue weighted by Gasteiger charge is -2.30. The zero-order valence-corrected chi connectivity index (χ0v) is 14.3. The normalized spacial score (nSPS) is 16.8. The molecule has 1 saturated carbocycles. The van der Waals surface area contributed by atoms with Crippen molar-refractivity contribution in [3.8, 4) is 11.3 Å². The molecular weight excluding hydrogens is 312 g/mol. The third-order valence-corrected chi connectivity index (χ3v) is 6.46. The summed E-state index contributed by atoms with van der Waals surface area (Å²) < 4.78 is 32.3. The van der Waals surface area contributed by atoms with Crippen molar-refractivity contribution in [1.29, 1.82) is 0 Å². The van der Waals surface area contributed by atoms with Gasteiger partial charge in [-0.05, 0) is 25.0 Å². The molecule has 0 atom stereocenters. The molecule has 0 radical (unpaired) electrons. The number of aryl methyl sites for hydroxylation is 1. The smallest absolute Gasteiger partial charge is 0.243 e. The Bertz CT molecular complexity index is 759. The molecule has 3 rings (SSSR count). The van der Waals surface area contributed by atoms with Crippen molar-refractivity contribution in [2.45, 2.75) is 50.0 Å². The minimum Gasteiger partial charge on any atom is -0.449 e. The fourth-order valence-electron chi connectivity index (χ4n) is 3.10. The van der Waals surface area contributed by atoms with Crippen LogP contribution in [0.3, 0.4) is 0 Å². The highest BCUT2D eigenvalue weighted by Gasteiger charge is 2.28. The van der Waals surface area contributed by atoms with Crippen molar-refractivity contribution in [2.75, 3.05) is 7.05 Å². The Morgan fingerprint density at radius 3 is 2.35 bits per heavy atom. The molecule has 23 heavy (non-hydrogen) atoms. The third kappa shape index (κ3) is 3.33. The van der Waals surface area contributed by atoms with Crippen molar-refractivity contribution >= 4 is 10.0 Å². The number of aromatic nitrogens is 1. The van der Waals surface area contributed by atoms with Crippen LogP contribution < -0.4 is 0 Å². The molecule has 1 aromatic heterocycles. The van der Waals surface area contributed by atoms with E-state index in [1.54, 1.807) is 48.8 Å². The highest BCUT2D eigenvalue weighted by Crippen LogP contribution is 2.27. The zero-order chi connectivity index (χ0) is 16.4. The first-order valence-electron chi connectivity index (χ1n) is 7.99. The Balaban J connectivity index is 1.82. The summed E-state index contributed by atoms with van der Waals surface area (Å²) in [6, 6.07) is 6.96. The van der Waals surface area contributed by atoms with Crippen LogP contribution in [-0.2, 0) is 10.0 Å². The van der Waals surface area contributed by atoms with Crippen molar-refractivity contribution < 1.29 is 12.8 Å². The third-order valence-electron chi connectivity index (χ3n) is 4.53. The van der Waals surface area contributed by atoms with Crippen LogP contribution in [0, 0.1) is 6.92 Å². The summed E-state index contributed by atoms with van der Waals surface area (Å²) in [7, 11) is -1.75. The summed E-state index contributed by atoms with van der Waals surface area (Å²) >= 11 is 0. The van der Waals surface area contributed by atoms with Gasteiger partial charge in [0, 0.05) is 25.6 Å². The van der Waals surface area contributed by atoms with E-state index in [0.29, 0.717) is 16.5 Å². The Morgan fingerprint density at radius 2 is 1.78 bits per heavy atom. The van der Waals surface area contributed by atoms with E-state index in [0.717, 1.165) is 31.2 Å². The molecule has 0 bridgehead atoms. The van der Waals surface area contributed by atoms with Crippen LogP contribution >= 0.6 is 0 Å². The second-order valence-corrected chi connectivity index (χ2v) is 8.09. The predicted octanol–water partition coefficient (Wildman–Crippen LogP) is 3.60. The Morgan fingerprint density at radius 1 is 1.13 bits per heavy atom. The van der Waals surface area contributed by atoms with Crippen LogP contribution in [0.5, 0.6) is 0 Å². The first-order valence-corrected chi connectivity index (χ1v) is 9.43. The molecule has 124 valence electrons. The van der Waals surface area contributed by atoms with E-state index in [4.69, 9.17) is 4.42 Å². The summed E-state index contributed by atoms with van der Waals surface area (Å²) in [5.41, 5.74) is 1.56. The average molecular weight is 334 g/mol. The molecule has 1 aliphatic carbocycles. The number of hydrogen-bond acceptors (Lipinski definition) is 4. The lowest BCUT2D eigenvalue weighted by Crippen LogP contribution is -2.38. The largest absolute Gasteiger partial charge is 0.449 e. The second kappa shape index (κ2) is 6.45. The molecule has 1 fully saturated rings. The van der Waals surface area contributed by atoms with E-state index in [-0.39, 0.29) is 6.04 Å². The van der Waals surface area contributed by atoms with Crippen LogP contribution in [0.25, 0.3) is 11.3 Å². The molecule has 0 spiro atoms. The van der Waals surface area contributed by atoms with E-state index in [2.05, 4.69) is 4.98 Å². The van der Waals surface area contributed by atoms with Gasteiger partial charge < -0.3 is 4.42 Å². The highest BCUT2D eigenvalue weighted by molar-refractivity contribution is 7.89. The van der Waals surface area contributed by atoms with Crippen LogP contribution in [0.4, 0.5) is 0 Å². The van der Waals surface area contributed by atoms with E-state index < -0.39 is 10.0 Å². The van der Waals surface area contributed by atoms with Crippen LogP contribution in [0.2, 0.25) is 0 Å². The molecule has 1 aromatic carbocycles. The summed E-state index contributed by atoms with van der Waals surface area (Å²) in [6.45, 7) is 1.78. The van der Waals surface area contributed by atoms with Gasteiger partial charge in [0.25, 0.3) is 0 Å². The van der Waals surface area contributed by atoms with Gasteiger partial charge in [0.05, 0.1) is 4.90 Å². The van der Waals surface area contributed by atoms with Gasteiger partial charge >= 0.3 is 0 Å². The topological polar surface area (TPSA) is 63.4 Å². The van der Waals surface area contributed by atoms with Crippen molar-refractivity contribution in [3.63, 3.8) is 0 Å². The Labute approximate surface area is 137 Å². The van der Waals surface area contributed by atoms with E-state index in [1.165, 1.54) is 6.42 Å². The molecule has 0 amide bonds. The molecule has 0 saturated heterocycles. The van der Waals surface area contributed by atoms with E-state index in [1.807, 2.05) is 0 Å². The van der Waals surface area contributed by atoms with Crippen molar-refractivity contribution in [3.05, 3.63) is 36.4 Å². The highest BCUT2D eigenvalue weighted by atomic mass is 32.2. The molecule has 0 N–H and O–H groups in total. The van der Waals surface area contributed by atoms with E-state index >= 15 is 0 Å². The number of nitrogens with zero attached hydrogens (tertiary/aromatic N) is 2. The first-order chi connectivity index (χ1) is 11.0. The number of hydrogen-bond donors (Lipinski definition) is 0. The standard InChI is InChI=1S/C17H22N2O3S/c1-13-18-17(12-22-13)14-8-10-16(11-9-14)23(20,21)19(2)15-6-4-3-5-7-15/h8-12,15H,3-7H2,1-2H3. The zero-order valence-electron chi connectivity index (χ0n) is 13.5. The van der Waals surface area contributed by atoms with Crippen LogP contribution in [0.15, 0.2) is 39.8 Å². The molecule has 2 aromatic rings. The predicted molar refractivity (Wildman–Crippen MR) is 88.5 cm³/mol. The van der Waals surface area contributed by atoms with Gasteiger partial charge in [-0.2, -0.15) is 4.31 Å². The second-order valence-electron chi connectivity index (χ2n) is 6.09. The average Bonchev–Trinajstić information content (AvgIpc) is 3.01. The monoisotopic (exact) mass is 334 g/mol. The first kappa shape index (κ1) is 16.2. The van der Waals surface area contributed by atoms with Crippen LogP contribution in [0.1, 0.15) is 38.0 Å². The molecule has 1 aliphatic rings. The summed E-state index contributed by atoms with van der Waals surface area (Å²) in [4.78, 5) is 4.58. The van der Waals surface area contributed by atoms with Gasteiger partial charge in [-0.3, -0.25) is 0 Å². The number of oxazole rings is 1. The fraction of sp³-hybridized carbons (Fsp3) is 0.471. The minimum atomic E-state index is -3.44. The Kier molecular flexibility index (Phi) is 4.55. The maximum Gasteiger partial charge on any atom is 0.243 e. The quantitative estimate of drug-likeness (QED) is 0.857. The summed E-state index contributed by atoms with van der Waals surface area (Å²) in [6.07, 6.45) is 6.89. The van der Waals surface area contributed by atoms with Crippen LogP contribution in [-0.4, -0.2) is 30.8 Å². The van der Waals surface area contributed by atoms with Gasteiger partial charge in [0.15, 0.2) is 5.89 Å².